The van der Waals surface area contributed by atoms with Crippen molar-refractivity contribution in [2.75, 3.05) is 31.6 Å². The molecule has 0 bridgehead atoms. The summed E-state index contributed by atoms with van der Waals surface area (Å²) in [6.07, 6.45) is 4.63. The zero-order chi connectivity index (χ0) is 23.5. The predicted octanol–water partition coefficient (Wildman–Crippen LogP) is 3.84. The van der Waals surface area contributed by atoms with Gasteiger partial charge in [-0.25, -0.2) is 19.3 Å². The topological polar surface area (TPSA) is 103 Å². The fourth-order valence-corrected chi connectivity index (χ4v) is 3.84. The molecule has 1 aliphatic heterocycles. The Labute approximate surface area is 207 Å². The number of fused-ring (bicyclic) bond motifs is 1. The number of likely N-dealkylation sites (tertiary alicyclic amines) is 1. The molecule has 184 valence electrons. The number of anilines is 2. The van der Waals surface area contributed by atoms with Crippen molar-refractivity contribution in [2.24, 2.45) is 7.05 Å². The molecule has 1 fully saturated rings. The van der Waals surface area contributed by atoms with Crippen LogP contribution in [-0.4, -0.2) is 67.3 Å². The van der Waals surface area contributed by atoms with Crippen molar-refractivity contribution in [3.63, 3.8) is 0 Å². The first kappa shape index (κ1) is 24.6. The normalized spacial score (nSPS) is 15.7. The fourth-order valence-electron chi connectivity index (χ4n) is 3.84. The van der Waals surface area contributed by atoms with Gasteiger partial charge in [0, 0.05) is 37.6 Å². The maximum Gasteiger partial charge on any atom is 0.222 e. The van der Waals surface area contributed by atoms with Gasteiger partial charge in [0.05, 0.1) is 17.9 Å². The van der Waals surface area contributed by atoms with Gasteiger partial charge in [-0.1, -0.05) is 0 Å². The van der Waals surface area contributed by atoms with E-state index in [1.807, 2.05) is 31.2 Å². The van der Waals surface area contributed by atoms with Crippen LogP contribution in [0.5, 0.6) is 17.4 Å². The Bertz CT molecular complexity index is 1300. The van der Waals surface area contributed by atoms with E-state index < -0.39 is 6.17 Å². The van der Waals surface area contributed by atoms with Crippen molar-refractivity contribution in [1.82, 2.24) is 34.8 Å². The third-order valence-corrected chi connectivity index (χ3v) is 5.56. The molecule has 0 unspecified atom stereocenters. The van der Waals surface area contributed by atoms with Gasteiger partial charge in [0.1, 0.15) is 36.4 Å². The highest BCUT2D eigenvalue weighted by Crippen LogP contribution is 2.30. The summed E-state index contributed by atoms with van der Waals surface area (Å²) < 4.78 is 25.1. The molecule has 1 N–H and O–H groups in total. The van der Waals surface area contributed by atoms with Crippen LogP contribution in [-0.2, 0) is 7.05 Å². The third kappa shape index (κ3) is 5.92. The van der Waals surface area contributed by atoms with E-state index in [1.54, 1.807) is 19.4 Å². The fraction of sp³-hybridized carbons (Fsp3) is 0.348. The number of aryl methyl sites for hydroxylation is 2. The highest BCUT2D eigenvalue weighted by atomic mass is 35.5. The lowest BCUT2D eigenvalue weighted by atomic mass is 10.2. The second kappa shape index (κ2) is 10.8. The molecule has 35 heavy (non-hydrogen) atoms. The molecular formula is C23H26ClFN8O2. The van der Waals surface area contributed by atoms with Crippen molar-refractivity contribution >= 4 is 34.9 Å². The Morgan fingerprint density at radius 1 is 1.14 bits per heavy atom. The monoisotopic (exact) mass is 500 g/mol. The maximum atomic E-state index is 13.3. The Morgan fingerprint density at radius 2 is 2.03 bits per heavy atom. The molecule has 3 aromatic heterocycles. The number of pyridine rings is 1. The summed E-state index contributed by atoms with van der Waals surface area (Å²) in [5, 5.41) is 12.2. The predicted molar refractivity (Wildman–Crippen MR) is 132 cm³/mol. The summed E-state index contributed by atoms with van der Waals surface area (Å²) in [4.78, 5) is 16.6. The molecule has 5 rings (SSSR count). The summed E-state index contributed by atoms with van der Waals surface area (Å²) in [6.45, 7) is 4.36. The van der Waals surface area contributed by atoms with E-state index in [9.17, 15) is 4.39 Å². The van der Waals surface area contributed by atoms with Crippen molar-refractivity contribution in [2.45, 2.75) is 19.5 Å². The van der Waals surface area contributed by atoms with Crippen LogP contribution in [0.1, 0.15) is 12.0 Å². The number of alkyl halides is 1. The van der Waals surface area contributed by atoms with Gasteiger partial charge >= 0.3 is 0 Å². The summed E-state index contributed by atoms with van der Waals surface area (Å²) in [5.41, 5.74) is 1.60. The molecular weight excluding hydrogens is 475 g/mol. The van der Waals surface area contributed by atoms with Crippen LogP contribution in [0.4, 0.5) is 16.0 Å². The Morgan fingerprint density at radius 3 is 2.77 bits per heavy atom. The van der Waals surface area contributed by atoms with Crippen molar-refractivity contribution in [1.29, 1.82) is 0 Å². The van der Waals surface area contributed by atoms with Gasteiger partial charge < -0.3 is 14.8 Å². The Balaban J connectivity index is 0.00000289. The first-order valence-electron chi connectivity index (χ1n) is 11.1. The first-order chi connectivity index (χ1) is 16.5. The van der Waals surface area contributed by atoms with Crippen molar-refractivity contribution in [3.05, 3.63) is 48.5 Å². The summed E-state index contributed by atoms with van der Waals surface area (Å²) >= 11 is 0. The second-order valence-corrected chi connectivity index (χ2v) is 8.18. The minimum atomic E-state index is -0.721. The van der Waals surface area contributed by atoms with E-state index in [4.69, 9.17) is 9.47 Å². The van der Waals surface area contributed by atoms with E-state index in [0.717, 1.165) is 23.0 Å². The minimum absolute atomic E-state index is 0. The van der Waals surface area contributed by atoms with Crippen LogP contribution in [0.15, 0.2) is 43.0 Å². The molecule has 1 aromatic carbocycles. The number of aromatic nitrogens is 6. The molecule has 10 nitrogen and oxygen atoms in total. The van der Waals surface area contributed by atoms with Gasteiger partial charge in [-0.3, -0.25) is 4.90 Å². The van der Waals surface area contributed by atoms with E-state index in [1.165, 1.54) is 11.1 Å². The number of ether oxygens (including phenoxy) is 2. The van der Waals surface area contributed by atoms with Crippen molar-refractivity contribution < 1.29 is 13.9 Å². The molecule has 0 amide bonds. The smallest absolute Gasteiger partial charge is 0.222 e. The second-order valence-electron chi connectivity index (χ2n) is 8.18. The van der Waals surface area contributed by atoms with Crippen LogP contribution in [0.3, 0.4) is 0 Å². The quantitative estimate of drug-likeness (QED) is 0.386. The van der Waals surface area contributed by atoms with Gasteiger partial charge in [0.2, 0.25) is 5.88 Å². The van der Waals surface area contributed by atoms with Gasteiger partial charge in [0.25, 0.3) is 0 Å². The first-order valence-corrected chi connectivity index (χ1v) is 11.1. The van der Waals surface area contributed by atoms with E-state index >= 15 is 0 Å². The number of nitrogens with one attached hydrogen (secondary N) is 1. The van der Waals surface area contributed by atoms with Crippen LogP contribution >= 0.6 is 12.4 Å². The van der Waals surface area contributed by atoms with Crippen LogP contribution < -0.4 is 14.8 Å². The lowest BCUT2D eigenvalue weighted by molar-refractivity contribution is 0.224. The number of benzene rings is 1. The van der Waals surface area contributed by atoms with E-state index in [0.29, 0.717) is 55.1 Å². The molecule has 1 aliphatic rings. The zero-order valence-corrected chi connectivity index (χ0v) is 20.2. The lowest BCUT2D eigenvalue weighted by Gasteiger charge is -2.15. The Hall–Kier alpha value is -3.57. The molecule has 0 saturated carbocycles. The molecule has 0 aliphatic carbocycles. The molecule has 4 heterocycles. The van der Waals surface area contributed by atoms with Gasteiger partial charge in [0.15, 0.2) is 5.82 Å². The number of rotatable bonds is 8. The molecule has 4 aromatic rings. The molecule has 1 atom stereocenters. The highest BCUT2D eigenvalue weighted by Gasteiger charge is 2.21. The summed E-state index contributed by atoms with van der Waals surface area (Å²) in [6, 6.07) is 7.44. The molecule has 12 heteroatoms. The van der Waals surface area contributed by atoms with Crippen molar-refractivity contribution in [3.8, 4) is 17.4 Å². The van der Waals surface area contributed by atoms with Crippen LogP contribution in [0, 0.1) is 6.92 Å². The standard InChI is InChI=1S/C23H25FN8O2.ClH/c1-15-9-18(33-8-7-32-6-5-16(24)13-32)11-25-23(15)34-17-3-4-20-19(10-17)22(27-14-26-20)29-21-12-28-31(2)30-21;/h3-4,9-12,14,16H,5-8,13H2,1-2H3,(H,26,27,29,30);1H/t16-;/m1./s1. The summed E-state index contributed by atoms with van der Waals surface area (Å²) in [5.74, 6) is 2.91. The van der Waals surface area contributed by atoms with Crippen LogP contribution in [0.25, 0.3) is 10.9 Å². The molecule has 0 spiro atoms. The number of hydrogen-bond donors (Lipinski definition) is 1. The SMILES string of the molecule is Cc1cc(OCCN2CC[C@@H](F)C2)cnc1Oc1ccc2ncnc(Nc3cnn(C)n3)c2c1.Cl. The molecule has 1 saturated heterocycles. The Kier molecular flexibility index (Phi) is 7.57. The lowest BCUT2D eigenvalue weighted by Crippen LogP contribution is -2.26. The average molecular weight is 501 g/mol. The van der Waals surface area contributed by atoms with Crippen LogP contribution in [0.2, 0.25) is 0 Å². The number of nitrogens with zero attached hydrogens (tertiary/aromatic N) is 7. The summed E-state index contributed by atoms with van der Waals surface area (Å²) in [7, 11) is 1.75. The van der Waals surface area contributed by atoms with Gasteiger partial charge in [-0.05, 0) is 37.6 Å². The van der Waals surface area contributed by atoms with E-state index in [2.05, 4.69) is 35.4 Å². The van der Waals surface area contributed by atoms with E-state index in [-0.39, 0.29) is 12.4 Å². The van der Waals surface area contributed by atoms with Gasteiger partial charge in [-0.2, -0.15) is 9.90 Å². The zero-order valence-electron chi connectivity index (χ0n) is 19.4. The van der Waals surface area contributed by atoms with Gasteiger partial charge in [-0.15, -0.1) is 17.5 Å². The average Bonchev–Trinajstić information content (AvgIpc) is 3.43. The highest BCUT2D eigenvalue weighted by molar-refractivity contribution is 5.91. The maximum absolute atomic E-state index is 13.3. The largest absolute Gasteiger partial charge is 0.491 e. The minimum Gasteiger partial charge on any atom is -0.491 e. The molecule has 0 radical (unpaired) electrons. The number of halogens is 2. The third-order valence-electron chi connectivity index (χ3n) is 5.56. The number of hydrogen-bond acceptors (Lipinski definition) is 9.